The lowest BCUT2D eigenvalue weighted by Gasteiger charge is -2.11. The molecule has 0 amide bonds. The van der Waals surface area contributed by atoms with E-state index in [1.807, 2.05) is 38.5 Å². The summed E-state index contributed by atoms with van der Waals surface area (Å²) in [5, 5.41) is 16.4. The Morgan fingerprint density at radius 3 is 2.48 bits per heavy atom. The second-order valence-corrected chi connectivity index (χ2v) is 5.18. The van der Waals surface area contributed by atoms with Crippen molar-refractivity contribution in [1.82, 2.24) is 19.7 Å². The van der Waals surface area contributed by atoms with E-state index in [1.54, 1.807) is 23.2 Å². The molecule has 0 fully saturated rings. The van der Waals surface area contributed by atoms with Crippen molar-refractivity contribution in [3.8, 4) is 5.82 Å². The molecule has 23 heavy (non-hydrogen) atoms. The van der Waals surface area contributed by atoms with Crippen LogP contribution in [0.2, 0.25) is 0 Å². The number of benzene rings is 1. The van der Waals surface area contributed by atoms with Crippen molar-refractivity contribution in [3.05, 3.63) is 60.7 Å². The average Bonchev–Trinajstić information content (AvgIpc) is 3.10. The van der Waals surface area contributed by atoms with Gasteiger partial charge in [0.05, 0.1) is 6.54 Å². The molecule has 0 saturated heterocycles. The van der Waals surface area contributed by atoms with Crippen LogP contribution in [0, 0.1) is 0 Å². The van der Waals surface area contributed by atoms with Crippen LogP contribution in [0.4, 0.5) is 11.5 Å². The fourth-order valence-corrected chi connectivity index (χ4v) is 1.99. The first-order chi connectivity index (χ1) is 11.2. The highest BCUT2D eigenvalue weighted by Crippen LogP contribution is 2.14. The summed E-state index contributed by atoms with van der Waals surface area (Å²) in [6, 6.07) is 11.8. The van der Waals surface area contributed by atoms with Gasteiger partial charge in [0.2, 0.25) is 0 Å². The van der Waals surface area contributed by atoms with Gasteiger partial charge in [0, 0.05) is 32.2 Å². The van der Waals surface area contributed by atoms with Gasteiger partial charge in [-0.1, -0.05) is 12.1 Å². The maximum atomic E-state index is 4.17. The Balaban J connectivity index is 1.61. The minimum absolute atomic E-state index is 0.485. The smallest absolute Gasteiger partial charge is 0.196 e. The summed E-state index contributed by atoms with van der Waals surface area (Å²) in [6.07, 6.45) is 5.17. The molecule has 0 N–H and O–H groups in total. The summed E-state index contributed by atoms with van der Waals surface area (Å²) >= 11 is 0. The van der Waals surface area contributed by atoms with Crippen molar-refractivity contribution < 1.29 is 0 Å². The average molecular weight is 307 g/mol. The summed E-state index contributed by atoms with van der Waals surface area (Å²) in [5.41, 5.74) is 2.26. The number of imidazole rings is 1. The van der Waals surface area contributed by atoms with Gasteiger partial charge in [0.1, 0.15) is 6.33 Å². The van der Waals surface area contributed by atoms with E-state index in [0.29, 0.717) is 18.2 Å². The molecular weight excluding hydrogens is 290 g/mol. The highest BCUT2D eigenvalue weighted by molar-refractivity contribution is 5.46. The fraction of sp³-hybridized carbons (Fsp3) is 0.188. The number of hydrogen-bond donors (Lipinski definition) is 0. The lowest BCUT2D eigenvalue weighted by molar-refractivity contribution is 0.883. The largest absolute Gasteiger partial charge is 0.378 e. The number of rotatable bonds is 5. The van der Waals surface area contributed by atoms with Crippen LogP contribution in [-0.4, -0.2) is 33.8 Å². The van der Waals surface area contributed by atoms with Crippen LogP contribution in [0.3, 0.4) is 0 Å². The van der Waals surface area contributed by atoms with Gasteiger partial charge in [-0.15, -0.1) is 15.3 Å². The predicted octanol–water partition coefficient (Wildman–Crippen LogP) is 3.01. The fourth-order valence-electron chi connectivity index (χ4n) is 1.99. The topological polar surface area (TPSA) is 71.6 Å². The zero-order valence-corrected chi connectivity index (χ0v) is 13.0. The molecule has 0 aliphatic rings. The summed E-state index contributed by atoms with van der Waals surface area (Å²) < 4.78 is 1.78. The summed E-state index contributed by atoms with van der Waals surface area (Å²) in [6.45, 7) is 0.513. The van der Waals surface area contributed by atoms with Gasteiger partial charge in [0.25, 0.3) is 0 Å². The Morgan fingerprint density at radius 2 is 1.87 bits per heavy atom. The van der Waals surface area contributed by atoms with Crippen LogP contribution in [0.15, 0.2) is 65.3 Å². The predicted molar refractivity (Wildman–Crippen MR) is 88.1 cm³/mol. The van der Waals surface area contributed by atoms with Crippen molar-refractivity contribution in [2.45, 2.75) is 6.54 Å². The van der Waals surface area contributed by atoms with E-state index in [4.69, 9.17) is 0 Å². The number of anilines is 1. The highest BCUT2D eigenvalue weighted by Gasteiger charge is 1.99. The Morgan fingerprint density at radius 1 is 1.04 bits per heavy atom. The molecule has 0 atom stereocenters. The van der Waals surface area contributed by atoms with Crippen molar-refractivity contribution in [1.29, 1.82) is 0 Å². The Labute approximate surface area is 134 Å². The third-order valence-corrected chi connectivity index (χ3v) is 3.28. The van der Waals surface area contributed by atoms with E-state index in [0.717, 1.165) is 11.3 Å². The second kappa shape index (κ2) is 6.78. The molecule has 2 aromatic heterocycles. The Kier molecular flexibility index (Phi) is 4.37. The maximum Gasteiger partial charge on any atom is 0.196 e. The van der Waals surface area contributed by atoms with Crippen molar-refractivity contribution in [3.63, 3.8) is 0 Å². The van der Waals surface area contributed by atoms with Gasteiger partial charge in [-0.05, 0) is 29.8 Å². The molecule has 0 saturated carbocycles. The van der Waals surface area contributed by atoms with Gasteiger partial charge in [-0.2, -0.15) is 5.11 Å². The minimum atomic E-state index is 0.485. The van der Waals surface area contributed by atoms with E-state index in [1.165, 1.54) is 0 Å². The van der Waals surface area contributed by atoms with Crippen LogP contribution in [0.25, 0.3) is 5.82 Å². The molecular formula is C16H17N7. The molecule has 1 aromatic carbocycles. The molecule has 3 rings (SSSR count). The molecule has 0 bridgehead atoms. The van der Waals surface area contributed by atoms with E-state index in [9.17, 15) is 0 Å². The van der Waals surface area contributed by atoms with Crippen LogP contribution in [-0.2, 0) is 6.54 Å². The highest BCUT2D eigenvalue weighted by atomic mass is 15.3. The lowest BCUT2D eigenvalue weighted by Crippen LogP contribution is -2.08. The summed E-state index contributed by atoms with van der Waals surface area (Å²) in [5.74, 6) is 1.18. The van der Waals surface area contributed by atoms with E-state index in [-0.39, 0.29) is 0 Å². The first-order valence-electron chi connectivity index (χ1n) is 7.18. The molecule has 0 unspecified atom stereocenters. The van der Waals surface area contributed by atoms with Crippen LogP contribution in [0.1, 0.15) is 5.56 Å². The molecule has 0 aliphatic carbocycles. The van der Waals surface area contributed by atoms with Crippen LogP contribution < -0.4 is 4.90 Å². The third-order valence-electron chi connectivity index (χ3n) is 3.28. The number of hydrogen-bond acceptors (Lipinski definition) is 6. The monoisotopic (exact) mass is 307 g/mol. The SMILES string of the molecule is CN(C)c1ccc(CN=Nc2ccc(-n3ccnc3)nn2)cc1. The summed E-state index contributed by atoms with van der Waals surface area (Å²) in [7, 11) is 4.03. The normalized spacial score (nSPS) is 11.0. The zero-order chi connectivity index (χ0) is 16.1. The van der Waals surface area contributed by atoms with Gasteiger partial charge >= 0.3 is 0 Å². The first kappa shape index (κ1) is 14.8. The van der Waals surface area contributed by atoms with Gasteiger partial charge in [-0.25, -0.2) is 4.98 Å². The quantitative estimate of drug-likeness (QED) is 0.679. The maximum absolute atomic E-state index is 4.17. The number of azo groups is 1. The molecule has 0 radical (unpaired) electrons. The van der Waals surface area contributed by atoms with Crippen molar-refractivity contribution in [2.24, 2.45) is 10.2 Å². The molecule has 7 nitrogen and oxygen atoms in total. The van der Waals surface area contributed by atoms with Gasteiger partial charge in [0.15, 0.2) is 11.6 Å². The molecule has 7 heteroatoms. The number of nitrogens with zero attached hydrogens (tertiary/aromatic N) is 7. The Hall–Kier alpha value is -3.09. The zero-order valence-electron chi connectivity index (χ0n) is 13.0. The minimum Gasteiger partial charge on any atom is -0.378 e. The standard InChI is InChI=1S/C16H17N7/c1-22(2)14-5-3-13(4-6-14)11-18-19-15-7-8-16(21-20-15)23-10-9-17-12-23/h3-10,12H,11H2,1-2H3. The Bertz CT molecular complexity index is 759. The first-order valence-corrected chi connectivity index (χ1v) is 7.18. The molecule has 0 spiro atoms. The van der Waals surface area contributed by atoms with E-state index < -0.39 is 0 Å². The van der Waals surface area contributed by atoms with Crippen molar-refractivity contribution in [2.75, 3.05) is 19.0 Å². The van der Waals surface area contributed by atoms with E-state index >= 15 is 0 Å². The third kappa shape index (κ3) is 3.76. The van der Waals surface area contributed by atoms with Crippen molar-refractivity contribution >= 4 is 11.5 Å². The lowest BCUT2D eigenvalue weighted by atomic mass is 10.2. The number of aromatic nitrogens is 4. The molecule has 2 heterocycles. The van der Waals surface area contributed by atoms with E-state index in [2.05, 4.69) is 42.4 Å². The van der Waals surface area contributed by atoms with Crippen LogP contribution in [0.5, 0.6) is 0 Å². The molecule has 0 aliphatic heterocycles. The second-order valence-electron chi connectivity index (χ2n) is 5.18. The van der Waals surface area contributed by atoms with Gasteiger partial charge < -0.3 is 4.90 Å². The van der Waals surface area contributed by atoms with Crippen LogP contribution >= 0.6 is 0 Å². The molecule has 3 aromatic rings. The molecule has 116 valence electrons. The summed E-state index contributed by atoms with van der Waals surface area (Å²) in [4.78, 5) is 6.03. The van der Waals surface area contributed by atoms with Gasteiger partial charge in [-0.3, -0.25) is 4.57 Å².